The Morgan fingerprint density at radius 2 is 1.97 bits per heavy atom. The van der Waals surface area contributed by atoms with Crippen LogP contribution in [0.25, 0.3) is 11.3 Å². The molecule has 3 heterocycles. The number of anilines is 1. The molecule has 1 atom stereocenters. The molecule has 0 saturated heterocycles. The number of aryl methyl sites for hydroxylation is 1. The minimum atomic E-state index is -0.462. The van der Waals surface area contributed by atoms with Gasteiger partial charge in [0.25, 0.3) is 0 Å². The van der Waals surface area contributed by atoms with Crippen LogP contribution in [0.2, 0.25) is 0 Å². The molecule has 0 fully saturated rings. The lowest BCUT2D eigenvalue weighted by Crippen LogP contribution is -2.52. The van der Waals surface area contributed by atoms with E-state index < -0.39 is 6.04 Å². The minimum Gasteiger partial charge on any atom is -0.368 e. The van der Waals surface area contributed by atoms with Crippen LogP contribution in [0.1, 0.15) is 21.7 Å². The molecule has 0 radical (unpaired) electrons. The van der Waals surface area contributed by atoms with Crippen LogP contribution in [0.4, 0.5) is 5.69 Å². The summed E-state index contributed by atoms with van der Waals surface area (Å²) in [6.07, 6.45) is 1.37. The molecule has 2 aromatic carbocycles. The number of nitrogens with two attached hydrogens (primary N) is 1. The van der Waals surface area contributed by atoms with Crippen molar-refractivity contribution in [3.05, 3.63) is 69.5 Å². The SMILES string of the molecule is Cc1nc(-c2ccc3c(c2)CCN3C(=O)CN2Cc3ccccc3C[C@@H]2C(N)=O)cs1. The molecule has 0 aliphatic carbocycles. The average molecular weight is 433 g/mol. The van der Waals surface area contributed by atoms with E-state index in [0.29, 0.717) is 19.5 Å². The molecule has 0 bridgehead atoms. The Labute approximate surface area is 185 Å². The molecule has 2 aliphatic heterocycles. The zero-order valence-electron chi connectivity index (χ0n) is 17.4. The lowest BCUT2D eigenvalue weighted by Gasteiger charge is -2.35. The summed E-state index contributed by atoms with van der Waals surface area (Å²) in [5, 5.41) is 3.10. The Morgan fingerprint density at radius 3 is 2.71 bits per heavy atom. The summed E-state index contributed by atoms with van der Waals surface area (Å²) in [7, 11) is 0. The second-order valence-electron chi connectivity index (χ2n) is 8.19. The van der Waals surface area contributed by atoms with Crippen molar-refractivity contribution in [2.24, 2.45) is 5.73 Å². The monoisotopic (exact) mass is 432 g/mol. The van der Waals surface area contributed by atoms with Crippen molar-refractivity contribution in [3.8, 4) is 11.3 Å². The number of carbonyl (C=O) groups excluding carboxylic acids is 2. The van der Waals surface area contributed by atoms with Gasteiger partial charge in [0.2, 0.25) is 11.8 Å². The van der Waals surface area contributed by atoms with E-state index in [1.165, 1.54) is 0 Å². The van der Waals surface area contributed by atoms with Crippen molar-refractivity contribution in [1.82, 2.24) is 9.88 Å². The van der Waals surface area contributed by atoms with Crippen LogP contribution in [-0.4, -0.2) is 40.8 Å². The number of nitrogens with zero attached hydrogens (tertiary/aromatic N) is 3. The molecular formula is C24H24N4O2S. The van der Waals surface area contributed by atoms with Gasteiger partial charge in [-0.05, 0) is 48.6 Å². The molecule has 5 rings (SSSR count). The van der Waals surface area contributed by atoms with E-state index in [1.54, 1.807) is 11.3 Å². The van der Waals surface area contributed by atoms with Crippen LogP contribution >= 0.6 is 11.3 Å². The highest BCUT2D eigenvalue weighted by Gasteiger charge is 2.33. The molecule has 31 heavy (non-hydrogen) atoms. The number of hydrogen-bond donors (Lipinski definition) is 1. The van der Waals surface area contributed by atoms with Crippen molar-refractivity contribution < 1.29 is 9.59 Å². The minimum absolute atomic E-state index is 0.00151. The van der Waals surface area contributed by atoms with Gasteiger partial charge < -0.3 is 10.6 Å². The van der Waals surface area contributed by atoms with Crippen LogP contribution in [0.15, 0.2) is 47.8 Å². The summed E-state index contributed by atoms with van der Waals surface area (Å²) >= 11 is 1.64. The predicted molar refractivity (Wildman–Crippen MR) is 122 cm³/mol. The van der Waals surface area contributed by atoms with Crippen LogP contribution in [0.3, 0.4) is 0 Å². The molecule has 1 aromatic heterocycles. The number of rotatable bonds is 4. The smallest absolute Gasteiger partial charge is 0.241 e. The lowest BCUT2D eigenvalue weighted by molar-refractivity contribution is -0.126. The molecular weight excluding hydrogens is 408 g/mol. The molecule has 0 unspecified atom stereocenters. The van der Waals surface area contributed by atoms with Gasteiger partial charge in [-0.25, -0.2) is 4.98 Å². The number of thiazole rings is 1. The van der Waals surface area contributed by atoms with Crippen LogP contribution < -0.4 is 10.6 Å². The molecule has 158 valence electrons. The van der Waals surface area contributed by atoms with Gasteiger partial charge in [-0.2, -0.15) is 0 Å². The summed E-state index contributed by atoms with van der Waals surface area (Å²) in [5.74, 6) is -0.381. The van der Waals surface area contributed by atoms with Gasteiger partial charge in [0.1, 0.15) is 0 Å². The fraction of sp³-hybridized carbons (Fsp3) is 0.292. The number of hydrogen-bond acceptors (Lipinski definition) is 5. The Kier molecular flexibility index (Phi) is 5.08. The first-order valence-corrected chi connectivity index (χ1v) is 11.3. The Bertz CT molecular complexity index is 1170. The zero-order chi connectivity index (χ0) is 21.5. The Hall–Kier alpha value is -3.03. The topological polar surface area (TPSA) is 79.5 Å². The van der Waals surface area contributed by atoms with Crippen LogP contribution in [0.5, 0.6) is 0 Å². The maximum atomic E-state index is 13.2. The first kappa shape index (κ1) is 19.9. The number of aromatic nitrogens is 1. The first-order chi connectivity index (χ1) is 15.0. The van der Waals surface area contributed by atoms with Gasteiger partial charge in [-0.1, -0.05) is 30.3 Å². The highest BCUT2D eigenvalue weighted by atomic mass is 32.1. The normalized spacial score (nSPS) is 18.0. The summed E-state index contributed by atoms with van der Waals surface area (Å²) in [4.78, 5) is 33.7. The molecule has 6 nitrogen and oxygen atoms in total. The molecule has 2 amide bonds. The highest BCUT2D eigenvalue weighted by molar-refractivity contribution is 7.09. The zero-order valence-corrected chi connectivity index (χ0v) is 18.2. The third kappa shape index (κ3) is 3.75. The van der Waals surface area contributed by atoms with E-state index >= 15 is 0 Å². The van der Waals surface area contributed by atoms with E-state index in [4.69, 9.17) is 5.73 Å². The molecule has 3 aromatic rings. The first-order valence-electron chi connectivity index (χ1n) is 10.5. The third-order valence-corrected chi connectivity index (χ3v) is 6.98. The number of amides is 2. The van der Waals surface area contributed by atoms with Gasteiger partial charge in [0, 0.05) is 29.7 Å². The summed E-state index contributed by atoms with van der Waals surface area (Å²) in [5.41, 5.74) is 12.1. The Morgan fingerprint density at radius 1 is 1.16 bits per heavy atom. The largest absolute Gasteiger partial charge is 0.368 e. The molecule has 0 spiro atoms. The summed E-state index contributed by atoms with van der Waals surface area (Å²) < 4.78 is 0. The number of carbonyl (C=O) groups is 2. The second-order valence-corrected chi connectivity index (χ2v) is 9.25. The maximum absolute atomic E-state index is 13.2. The second kappa shape index (κ2) is 7.90. The van der Waals surface area contributed by atoms with E-state index in [2.05, 4.69) is 22.5 Å². The number of fused-ring (bicyclic) bond motifs is 2. The van der Waals surface area contributed by atoms with Crippen molar-refractivity contribution in [2.45, 2.75) is 32.4 Å². The van der Waals surface area contributed by atoms with E-state index in [0.717, 1.165) is 45.1 Å². The predicted octanol–water partition coefficient (Wildman–Crippen LogP) is 2.92. The van der Waals surface area contributed by atoms with Gasteiger partial charge in [0.05, 0.1) is 23.3 Å². The molecule has 7 heteroatoms. The molecule has 0 saturated carbocycles. The van der Waals surface area contributed by atoms with Crippen LogP contribution in [0, 0.1) is 6.92 Å². The fourth-order valence-corrected chi connectivity index (χ4v) is 5.22. The number of primary amides is 1. The fourth-order valence-electron chi connectivity index (χ4n) is 4.60. The van der Waals surface area contributed by atoms with Gasteiger partial charge >= 0.3 is 0 Å². The quantitative estimate of drug-likeness (QED) is 0.688. The summed E-state index contributed by atoms with van der Waals surface area (Å²) in [6.45, 7) is 3.38. The van der Waals surface area contributed by atoms with Gasteiger partial charge in [-0.15, -0.1) is 11.3 Å². The molecule has 2 aliphatic rings. The van der Waals surface area contributed by atoms with Crippen molar-refractivity contribution in [1.29, 1.82) is 0 Å². The Balaban J connectivity index is 1.35. The number of benzene rings is 2. The summed E-state index contributed by atoms with van der Waals surface area (Å²) in [6, 6.07) is 13.8. The van der Waals surface area contributed by atoms with Gasteiger partial charge in [-0.3, -0.25) is 14.5 Å². The van der Waals surface area contributed by atoms with Crippen molar-refractivity contribution >= 4 is 28.8 Å². The van der Waals surface area contributed by atoms with E-state index in [9.17, 15) is 9.59 Å². The average Bonchev–Trinajstić information content (AvgIpc) is 3.38. The highest BCUT2D eigenvalue weighted by Crippen LogP contribution is 2.33. The van der Waals surface area contributed by atoms with E-state index in [1.807, 2.05) is 47.1 Å². The van der Waals surface area contributed by atoms with Crippen molar-refractivity contribution in [2.75, 3.05) is 18.0 Å². The van der Waals surface area contributed by atoms with Crippen molar-refractivity contribution in [3.63, 3.8) is 0 Å². The standard InChI is InChI=1S/C24H24N4O2S/c1-15-26-20(14-31-15)17-6-7-21-18(10-17)8-9-28(21)23(29)13-27-12-19-5-3-2-4-16(19)11-22(27)24(25)30/h2-7,10,14,22H,8-9,11-13H2,1H3,(H2,25,30)/t22-/m1/s1. The lowest BCUT2D eigenvalue weighted by atomic mass is 9.93. The van der Waals surface area contributed by atoms with E-state index in [-0.39, 0.29) is 18.4 Å². The van der Waals surface area contributed by atoms with Gasteiger partial charge in [0.15, 0.2) is 0 Å². The maximum Gasteiger partial charge on any atom is 0.241 e. The molecule has 2 N–H and O–H groups in total. The van der Waals surface area contributed by atoms with Crippen LogP contribution in [-0.2, 0) is 29.0 Å². The third-order valence-electron chi connectivity index (χ3n) is 6.20.